The van der Waals surface area contributed by atoms with Crippen LogP contribution in [0.25, 0.3) is 5.65 Å². The van der Waals surface area contributed by atoms with Crippen LogP contribution in [0.1, 0.15) is 6.42 Å². The number of nitrogens with zero attached hydrogens (tertiary/aromatic N) is 6. The Bertz CT molecular complexity index is 705. The Morgan fingerprint density at radius 2 is 2.17 bits per heavy atom. The van der Waals surface area contributed by atoms with Crippen LogP contribution in [0.3, 0.4) is 0 Å². The van der Waals surface area contributed by atoms with E-state index in [0.29, 0.717) is 26.1 Å². The molecule has 9 nitrogen and oxygen atoms in total. The van der Waals surface area contributed by atoms with Crippen LogP contribution in [0.2, 0.25) is 0 Å². The van der Waals surface area contributed by atoms with Crippen LogP contribution < -0.4 is 10.2 Å². The van der Waals surface area contributed by atoms with Crippen molar-refractivity contribution in [1.82, 2.24) is 30.0 Å². The van der Waals surface area contributed by atoms with E-state index in [1.165, 1.54) is 0 Å². The molecule has 0 saturated carbocycles. The molecule has 4 rings (SSSR count). The van der Waals surface area contributed by atoms with Gasteiger partial charge >= 0.3 is 0 Å². The molecule has 1 amide bonds. The smallest absolute Gasteiger partial charge is 0.224 e. The predicted octanol–water partition coefficient (Wildman–Crippen LogP) is -0.849. The van der Waals surface area contributed by atoms with Gasteiger partial charge in [0.2, 0.25) is 5.91 Å². The highest BCUT2D eigenvalue weighted by atomic mass is 16.5. The van der Waals surface area contributed by atoms with E-state index >= 15 is 0 Å². The quantitative estimate of drug-likeness (QED) is 0.784. The van der Waals surface area contributed by atoms with Gasteiger partial charge in [0.15, 0.2) is 5.65 Å². The Labute approximate surface area is 139 Å². The molecule has 2 aromatic rings. The Balaban J connectivity index is 1.33. The van der Waals surface area contributed by atoms with Crippen molar-refractivity contribution in [2.45, 2.75) is 12.5 Å². The first-order chi connectivity index (χ1) is 11.8. The third kappa shape index (κ3) is 3.17. The van der Waals surface area contributed by atoms with Gasteiger partial charge in [-0.05, 0) is 12.1 Å². The van der Waals surface area contributed by atoms with Gasteiger partial charge in [0.1, 0.15) is 12.1 Å². The molecule has 24 heavy (non-hydrogen) atoms. The summed E-state index contributed by atoms with van der Waals surface area (Å²) in [6.07, 6.45) is 2.10. The minimum absolute atomic E-state index is 0.141. The number of amides is 1. The summed E-state index contributed by atoms with van der Waals surface area (Å²) in [5.74, 6) is 1.08. The number of hydrogen-bond donors (Lipinski definition) is 1. The van der Waals surface area contributed by atoms with E-state index in [1.807, 2.05) is 17.0 Å². The van der Waals surface area contributed by atoms with E-state index in [2.05, 4.69) is 25.5 Å². The monoisotopic (exact) mass is 331 g/mol. The maximum absolute atomic E-state index is 12.4. The third-order valence-corrected chi connectivity index (χ3v) is 4.52. The van der Waals surface area contributed by atoms with Gasteiger partial charge < -0.3 is 19.9 Å². The van der Waals surface area contributed by atoms with E-state index in [4.69, 9.17) is 4.74 Å². The van der Waals surface area contributed by atoms with Crippen molar-refractivity contribution < 1.29 is 9.53 Å². The number of rotatable bonds is 3. The largest absolute Gasteiger partial charge is 0.378 e. The number of piperazine rings is 1. The van der Waals surface area contributed by atoms with Gasteiger partial charge in [-0.2, -0.15) is 4.52 Å². The lowest BCUT2D eigenvalue weighted by atomic mass is 10.1. The number of hydrogen-bond acceptors (Lipinski definition) is 7. The summed E-state index contributed by atoms with van der Waals surface area (Å²) in [5, 5.41) is 15.6. The van der Waals surface area contributed by atoms with Crippen LogP contribution in [-0.4, -0.2) is 82.6 Å². The Kier molecular flexibility index (Phi) is 4.26. The van der Waals surface area contributed by atoms with Crippen LogP contribution in [0, 0.1) is 0 Å². The first kappa shape index (κ1) is 15.3. The zero-order valence-electron chi connectivity index (χ0n) is 13.5. The number of carbonyl (C=O) groups excluding carboxylic acids is 1. The van der Waals surface area contributed by atoms with E-state index in [-0.39, 0.29) is 11.9 Å². The second-order valence-electron chi connectivity index (χ2n) is 6.12. The molecule has 0 bridgehead atoms. The number of anilines is 1. The predicted molar refractivity (Wildman–Crippen MR) is 86.8 cm³/mol. The summed E-state index contributed by atoms with van der Waals surface area (Å²) in [7, 11) is 0. The summed E-state index contributed by atoms with van der Waals surface area (Å²) >= 11 is 0. The van der Waals surface area contributed by atoms with Crippen molar-refractivity contribution in [2.75, 3.05) is 50.8 Å². The van der Waals surface area contributed by atoms with E-state index < -0.39 is 0 Å². The molecule has 0 spiro atoms. The van der Waals surface area contributed by atoms with Gasteiger partial charge in [0.05, 0.1) is 13.2 Å². The summed E-state index contributed by atoms with van der Waals surface area (Å²) in [4.78, 5) is 16.5. The molecule has 2 fully saturated rings. The lowest BCUT2D eigenvalue weighted by Gasteiger charge is -2.36. The Morgan fingerprint density at radius 1 is 1.29 bits per heavy atom. The molecule has 128 valence electrons. The minimum atomic E-state index is 0.141. The molecule has 1 unspecified atom stereocenters. The average Bonchev–Trinajstić information content (AvgIpc) is 3.10. The van der Waals surface area contributed by atoms with Crippen molar-refractivity contribution in [3.8, 4) is 0 Å². The molecular formula is C15H21N7O2. The van der Waals surface area contributed by atoms with Gasteiger partial charge in [-0.1, -0.05) is 0 Å². The van der Waals surface area contributed by atoms with E-state index in [9.17, 15) is 4.79 Å². The number of ether oxygens (including phenoxy) is 1. The van der Waals surface area contributed by atoms with Crippen LogP contribution >= 0.6 is 0 Å². The highest BCUT2D eigenvalue weighted by Gasteiger charge is 2.25. The lowest BCUT2D eigenvalue weighted by Crippen LogP contribution is -2.51. The summed E-state index contributed by atoms with van der Waals surface area (Å²) in [6.45, 7) is 5.16. The van der Waals surface area contributed by atoms with Crippen molar-refractivity contribution in [1.29, 1.82) is 0 Å². The van der Waals surface area contributed by atoms with Gasteiger partial charge in [-0.3, -0.25) is 4.79 Å². The number of morpholine rings is 1. The van der Waals surface area contributed by atoms with Gasteiger partial charge in [-0.15, -0.1) is 15.3 Å². The second-order valence-corrected chi connectivity index (χ2v) is 6.12. The number of aromatic nitrogens is 4. The molecule has 2 aromatic heterocycles. The summed E-state index contributed by atoms with van der Waals surface area (Å²) < 4.78 is 7.08. The van der Waals surface area contributed by atoms with Crippen molar-refractivity contribution in [2.24, 2.45) is 0 Å². The van der Waals surface area contributed by atoms with E-state index in [1.54, 1.807) is 10.8 Å². The summed E-state index contributed by atoms with van der Waals surface area (Å²) in [5.41, 5.74) is 0.731. The zero-order valence-corrected chi connectivity index (χ0v) is 13.5. The maximum atomic E-state index is 12.4. The average molecular weight is 331 g/mol. The number of fused-ring (bicyclic) bond motifs is 1. The molecule has 2 aliphatic heterocycles. The Hall–Kier alpha value is -2.26. The van der Waals surface area contributed by atoms with Crippen LogP contribution in [0.4, 0.5) is 5.82 Å². The molecule has 2 aliphatic rings. The van der Waals surface area contributed by atoms with Crippen LogP contribution in [-0.2, 0) is 9.53 Å². The van der Waals surface area contributed by atoms with Crippen LogP contribution in [0.15, 0.2) is 18.5 Å². The number of nitrogens with one attached hydrogen (secondary N) is 1. The molecular weight excluding hydrogens is 310 g/mol. The van der Waals surface area contributed by atoms with Gasteiger partial charge in [0.25, 0.3) is 0 Å². The normalized spacial score (nSPS) is 22.1. The van der Waals surface area contributed by atoms with Gasteiger partial charge in [-0.25, -0.2) is 0 Å². The molecule has 0 radical (unpaired) electrons. The van der Waals surface area contributed by atoms with Crippen molar-refractivity contribution in [3.63, 3.8) is 0 Å². The molecule has 1 atom stereocenters. The Morgan fingerprint density at radius 3 is 2.96 bits per heavy atom. The van der Waals surface area contributed by atoms with Crippen molar-refractivity contribution >= 4 is 17.4 Å². The third-order valence-electron chi connectivity index (χ3n) is 4.52. The maximum Gasteiger partial charge on any atom is 0.224 e. The second kappa shape index (κ2) is 6.70. The first-order valence-electron chi connectivity index (χ1n) is 8.30. The van der Waals surface area contributed by atoms with E-state index in [0.717, 1.165) is 37.7 Å². The molecule has 1 N–H and O–H groups in total. The topological polar surface area (TPSA) is 87.9 Å². The fourth-order valence-electron chi connectivity index (χ4n) is 3.16. The molecule has 9 heteroatoms. The first-order valence-corrected chi connectivity index (χ1v) is 8.30. The zero-order chi connectivity index (χ0) is 16.4. The SMILES string of the molecule is O=C(CC1COCCN1)N1CCN(c2ccc3nncn3n2)CC1. The molecule has 2 saturated heterocycles. The minimum Gasteiger partial charge on any atom is -0.378 e. The van der Waals surface area contributed by atoms with Crippen LogP contribution in [0.5, 0.6) is 0 Å². The highest BCUT2D eigenvalue weighted by molar-refractivity contribution is 5.77. The van der Waals surface area contributed by atoms with Crippen molar-refractivity contribution in [3.05, 3.63) is 18.5 Å². The molecule has 0 aromatic carbocycles. The lowest BCUT2D eigenvalue weighted by molar-refractivity contribution is -0.132. The van der Waals surface area contributed by atoms with Gasteiger partial charge in [0, 0.05) is 45.2 Å². The number of carbonyl (C=O) groups is 1. The fraction of sp³-hybridized carbons (Fsp3) is 0.600. The highest BCUT2D eigenvalue weighted by Crippen LogP contribution is 2.15. The molecule has 4 heterocycles. The molecule has 0 aliphatic carbocycles. The summed E-state index contributed by atoms with van der Waals surface area (Å²) in [6, 6.07) is 3.99. The standard InChI is InChI=1S/C15H21N7O2/c23-15(9-12-10-24-8-3-16-12)21-6-4-20(5-7-21)14-2-1-13-18-17-11-22(13)19-14/h1-2,11-12,16H,3-10H2. The fourth-order valence-corrected chi connectivity index (χ4v) is 3.16.